The molecule has 0 amide bonds. The molecule has 0 aromatic heterocycles. The number of hydrogen-bond donors (Lipinski definition) is 4. The second-order valence-electron chi connectivity index (χ2n) is 0.830. The predicted molar refractivity (Wildman–Crippen MR) is 57.1 cm³/mol. The van der Waals surface area contributed by atoms with Crippen LogP contribution in [-0.4, -0.2) is 22.9 Å². The van der Waals surface area contributed by atoms with E-state index in [9.17, 15) is 0 Å². The minimum Gasteiger partial charge on any atom is -0.329 e. The monoisotopic (exact) mass is 205 g/mol. The van der Waals surface area contributed by atoms with E-state index in [4.69, 9.17) is 25.8 Å². The molecule has 0 radical (unpaired) electrons. The molecular weight excluding hydrogens is 179 g/mol. The average molecular weight is 205 g/mol. The first-order valence-electron chi connectivity index (χ1n) is 1.90. The summed E-state index contributed by atoms with van der Waals surface area (Å²) in [5.41, 5.74) is 9.81. The normalized spacial score (nSPS) is 4.67. The van der Waals surface area contributed by atoms with Crippen molar-refractivity contribution in [2.45, 2.75) is 29.7 Å². The van der Waals surface area contributed by atoms with Gasteiger partial charge in [-0.1, -0.05) is 29.7 Å². The molecule has 0 bridgehead atoms. The van der Waals surface area contributed by atoms with Crippen molar-refractivity contribution in [3.8, 4) is 0 Å². The van der Waals surface area contributed by atoms with Crippen LogP contribution >= 0.6 is 8.25 Å². The van der Waals surface area contributed by atoms with E-state index in [0.717, 1.165) is 0 Å². The molecule has 0 aliphatic carbocycles. The molecular formula is C6H26N2O3P+. The Morgan fingerprint density at radius 3 is 1.00 bits per heavy atom. The molecule has 0 aromatic carbocycles. The summed E-state index contributed by atoms with van der Waals surface area (Å²) in [6.07, 6.45) is 0. The number of hydrogen-bond acceptors (Lipinski definition) is 3. The SMILES string of the molecule is C.C.C.C.NCCN.O=[P+](O)O. The molecule has 0 spiro atoms. The fourth-order valence-electron chi connectivity index (χ4n) is 0. The summed E-state index contributed by atoms with van der Waals surface area (Å²) in [5.74, 6) is 0. The van der Waals surface area contributed by atoms with E-state index >= 15 is 0 Å². The molecule has 0 saturated heterocycles. The maximum absolute atomic E-state index is 8.70. The van der Waals surface area contributed by atoms with E-state index in [1.54, 1.807) is 0 Å². The fraction of sp³-hybridized carbons (Fsp3) is 1.00. The first-order chi connectivity index (χ1) is 3.65. The Balaban J connectivity index is -0.0000000112. The van der Waals surface area contributed by atoms with Crippen molar-refractivity contribution in [2.75, 3.05) is 13.1 Å². The summed E-state index contributed by atoms with van der Waals surface area (Å²) in [5, 5.41) is 0. The lowest BCUT2D eigenvalue weighted by Gasteiger charge is -1.72. The van der Waals surface area contributed by atoms with Crippen LogP contribution in [0.3, 0.4) is 0 Å². The zero-order valence-electron chi connectivity index (χ0n) is 4.32. The minimum absolute atomic E-state index is 0. The van der Waals surface area contributed by atoms with Gasteiger partial charge in [0.05, 0.1) is 0 Å². The van der Waals surface area contributed by atoms with Crippen LogP contribution < -0.4 is 11.5 Å². The molecule has 0 saturated carbocycles. The summed E-state index contributed by atoms with van der Waals surface area (Å²) >= 11 is 0. The van der Waals surface area contributed by atoms with Crippen LogP contribution in [0.1, 0.15) is 29.7 Å². The van der Waals surface area contributed by atoms with Gasteiger partial charge in [-0.2, -0.15) is 0 Å². The van der Waals surface area contributed by atoms with Crippen LogP contribution in [0.15, 0.2) is 0 Å². The number of nitrogens with two attached hydrogens (primary N) is 2. The summed E-state index contributed by atoms with van der Waals surface area (Å²) in [4.78, 5) is 14.2. The van der Waals surface area contributed by atoms with Gasteiger partial charge in [0.1, 0.15) is 0 Å². The van der Waals surface area contributed by atoms with Crippen molar-refractivity contribution in [3.63, 3.8) is 0 Å². The lowest BCUT2D eigenvalue weighted by atomic mass is 10.7. The summed E-state index contributed by atoms with van der Waals surface area (Å²) in [7, 11) is -2.87. The lowest BCUT2D eigenvalue weighted by Crippen LogP contribution is -2.11. The quantitative estimate of drug-likeness (QED) is 0.479. The Labute approximate surface area is 77.7 Å². The predicted octanol–water partition coefficient (Wildman–Crippen LogP) is 1.08. The van der Waals surface area contributed by atoms with Gasteiger partial charge in [0, 0.05) is 17.7 Å². The molecule has 6 N–H and O–H groups in total. The van der Waals surface area contributed by atoms with E-state index in [1.165, 1.54) is 0 Å². The van der Waals surface area contributed by atoms with Crippen LogP contribution in [0, 0.1) is 0 Å². The smallest absolute Gasteiger partial charge is 0.329 e. The third kappa shape index (κ3) is 899. The van der Waals surface area contributed by atoms with Crippen molar-refractivity contribution in [2.24, 2.45) is 11.5 Å². The van der Waals surface area contributed by atoms with Gasteiger partial charge >= 0.3 is 8.25 Å². The fourth-order valence-corrected chi connectivity index (χ4v) is 0. The Kier molecular flexibility index (Phi) is 149. The van der Waals surface area contributed by atoms with Crippen molar-refractivity contribution >= 4 is 8.25 Å². The largest absolute Gasteiger partial charge is 0.692 e. The minimum atomic E-state index is -2.87. The van der Waals surface area contributed by atoms with Crippen molar-refractivity contribution in [3.05, 3.63) is 0 Å². The topological polar surface area (TPSA) is 110 Å². The molecule has 0 atom stereocenters. The van der Waals surface area contributed by atoms with Gasteiger partial charge in [-0.15, -0.1) is 9.79 Å². The summed E-state index contributed by atoms with van der Waals surface area (Å²) in [6.45, 7) is 1.19. The lowest BCUT2D eigenvalue weighted by molar-refractivity contribution is 0.405. The highest BCUT2D eigenvalue weighted by Crippen LogP contribution is 1.98. The van der Waals surface area contributed by atoms with Gasteiger partial charge in [-0.05, 0) is 0 Å². The van der Waals surface area contributed by atoms with Gasteiger partial charge in [0.15, 0.2) is 0 Å². The molecule has 0 rings (SSSR count). The van der Waals surface area contributed by atoms with Gasteiger partial charge in [0.2, 0.25) is 0 Å². The molecule has 12 heavy (non-hydrogen) atoms. The van der Waals surface area contributed by atoms with Crippen molar-refractivity contribution < 1.29 is 14.4 Å². The molecule has 5 nitrogen and oxygen atoms in total. The van der Waals surface area contributed by atoms with Gasteiger partial charge < -0.3 is 11.5 Å². The van der Waals surface area contributed by atoms with E-state index in [2.05, 4.69) is 0 Å². The molecule has 82 valence electrons. The molecule has 6 heteroatoms. The van der Waals surface area contributed by atoms with Gasteiger partial charge in [-0.3, -0.25) is 0 Å². The van der Waals surface area contributed by atoms with E-state index in [-0.39, 0.29) is 29.7 Å². The van der Waals surface area contributed by atoms with Crippen LogP contribution in [0.2, 0.25) is 0 Å². The molecule has 0 fully saturated rings. The Hall–Kier alpha value is -0.0600. The molecule has 0 heterocycles. The summed E-state index contributed by atoms with van der Waals surface area (Å²) in [6, 6.07) is 0. The highest BCUT2D eigenvalue weighted by molar-refractivity contribution is 7.30. The molecule has 0 aliphatic heterocycles. The zero-order chi connectivity index (χ0) is 6.99. The highest BCUT2D eigenvalue weighted by atomic mass is 31.1. The highest BCUT2D eigenvalue weighted by Gasteiger charge is 1.93. The van der Waals surface area contributed by atoms with Crippen LogP contribution in [0.5, 0.6) is 0 Å². The standard InChI is InChI=1S/C2H8N2.4CH4.HO3P/c3-1-2-4;;;;;1-4(2)3/h1-4H2;4*1H4;(H-,1,2,3)/p+1. The first kappa shape index (κ1) is 40.5. The Morgan fingerprint density at radius 1 is 0.917 bits per heavy atom. The van der Waals surface area contributed by atoms with E-state index in [0.29, 0.717) is 13.1 Å². The van der Waals surface area contributed by atoms with E-state index in [1.807, 2.05) is 0 Å². The second-order valence-corrected chi connectivity index (χ2v) is 1.34. The first-order valence-corrected chi connectivity index (χ1v) is 3.06. The average Bonchev–Trinajstić information content (AvgIpc) is 1.65. The maximum atomic E-state index is 8.70. The molecule has 0 aromatic rings. The zero-order valence-corrected chi connectivity index (χ0v) is 5.21. The molecule has 0 aliphatic rings. The van der Waals surface area contributed by atoms with Crippen LogP contribution in [0.4, 0.5) is 0 Å². The number of rotatable bonds is 1. The molecule has 0 unspecified atom stereocenters. The van der Waals surface area contributed by atoms with Crippen molar-refractivity contribution in [1.82, 2.24) is 0 Å². The van der Waals surface area contributed by atoms with Gasteiger partial charge in [-0.25, -0.2) is 0 Å². The van der Waals surface area contributed by atoms with Crippen LogP contribution in [0.25, 0.3) is 0 Å². The third-order valence-corrected chi connectivity index (χ3v) is 0.167. The maximum Gasteiger partial charge on any atom is 0.692 e. The van der Waals surface area contributed by atoms with Gasteiger partial charge in [0.25, 0.3) is 0 Å². The Morgan fingerprint density at radius 2 is 1.00 bits per heavy atom. The summed E-state index contributed by atoms with van der Waals surface area (Å²) < 4.78 is 8.70. The van der Waals surface area contributed by atoms with E-state index < -0.39 is 8.25 Å². The second kappa shape index (κ2) is 44.3. The van der Waals surface area contributed by atoms with Crippen molar-refractivity contribution in [1.29, 1.82) is 0 Å². The third-order valence-electron chi connectivity index (χ3n) is 0.167. The Bertz CT molecular complexity index is 58.8. The van der Waals surface area contributed by atoms with Crippen LogP contribution in [-0.2, 0) is 4.57 Å².